The van der Waals surface area contributed by atoms with Crippen LogP contribution in [0.1, 0.15) is 119 Å². The predicted octanol–water partition coefficient (Wildman–Crippen LogP) is 4.08. The molecule has 0 aliphatic rings. The summed E-state index contributed by atoms with van der Waals surface area (Å²) in [6.07, 6.45) is 13.9. The number of nitrogens with two attached hydrogens (primary N) is 1. The summed E-state index contributed by atoms with van der Waals surface area (Å²) in [6.45, 7) is 22.0. The molecule has 0 spiro atoms. The third-order valence-electron chi connectivity index (χ3n) is 10.7. The highest BCUT2D eigenvalue weighted by atomic mass is 16.3. The Hall–Kier alpha value is -7.21. The minimum atomic E-state index is -0.453. The second kappa shape index (κ2) is 24.2. The number of hydrogen-bond donors (Lipinski definition) is 4. The Morgan fingerprint density at radius 1 is 0.551 bits per heavy atom. The van der Waals surface area contributed by atoms with Gasteiger partial charge in [-0.2, -0.15) is 9.97 Å². The molecule has 24 heteroatoms. The monoisotopic (exact) mass is 955 g/mol. The summed E-state index contributed by atoms with van der Waals surface area (Å²) in [5.74, 6) is 0.767. The number of aromatic nitrogens is 16. The van der Waals surface area contributed by atoms with Crippen molar-refractivity contribution in [2.24, 2.45) is 0 Å². The number of Topliss-reactive ketones (excluding diaryl/α,β-unsaturated/α-hetero) is 1. The number of nitrogen functional groups attached to an aromatic ring is 1. The number of fused-ring (bicyclic) bond motifs is 4. The molecule has 8 aromatic rings. The van der Waals surface area contributed by atoms with Crippen LogP contribution in [0.5, 0.6) is 0 Å². The van der Waals surface area contributed by atoms with Crippen molar-refractivity contribution in [1.29, 1.82) is 0 Å². The lowest BCUT2D eigenvalue weighted by Gasteiger charge is -2.09. The molecule has 0 unspecified atom stereocenters. The summed E-state index contributed by atoms with van der Waals surface area (Å²) in [4.78, 5) is 85.1. The molecule has 0 aliphatic carbocycles. The Balaban J connectivity index is 0.000000172. The summed E-state index contributed by atoms with van der Waals surface area (Å²) in [5.41, 5.74) is 9.86. The Bertz CT molecular complexity index is 3030. The van der Waals surface area contributed by atoms with Crippen LogP contribution in [-0.4, -0.2) is 113 Å². The first-order valence-corrected chi connectivity index (χ1v) is 23.2. The predicted molar refractivity (Wildman–Crippen MR) is 264 cm³/mol. The number of aryl methyl sites for hydroxylation is 2. The fourth-order valence-electron chi connectivity index (χ4n) is 6.96. The first kappa shape index (κ1) is 52.8. The van der Waals surface area contributed by atoms with Gasteiger partial charge in [0.1, 0.15) is 31.1 Å². The molecular weight excluding hydrogens is 889 g/mol. The van der Waals surface area contributed by atoms with Crippen molar-refractivity contribution in [2.75, 3.05) is 30.8 Å². The lowest BCUT2D eigenvalue weighted by Crippen LogP contribution is -2.22. The molecule has 0 fully saturated rings. The van der Waals surface area contributed by atoms with Gasteiger partial charge in [0, 0.05) is 50.2 Å². The van der Waals surface area contributed by atoms with Crippen LogP contribution in [0, 0.1) is 0 Å². The smallest absolute Gasteiger partial charge is 0.281 e. The number of carbonyl (C=O) groups is 1. The van der Waals surface area contributed by atoms with Crippen LogP contribution >= 0.6 is 0 Å². The number of aliphatic hydroxyl groups is 2. The molecule has 8 aromatic heterocycles. The highest BCUT2D eigenvalue weighted by Gasteiger charge is 2.16. The van der Waals surface area contributed by atoms with Crippen LogP contribution in [0.25, 0.3) is 44.7 Å². The fourth-order valence-corrected chi connectivity index (χ4v) is 6.96. The molecule has 5 N–H and O–H groups in total. The molecule has 0 aliphatic heterocycles. The van der Waals surface area contributed by atoms with E-state index in [9.17, 15) is 19.2 Å². The zero-order valence-corrected chi connectivity index (χ0v) is 41.2. The van der Waals surface area contributed by atoms with E-state index in [4.69, 9.17) is 15.9 Å². The first-order valence-electron chi connectivity index (χ1n) is 23.2. The number of nitrogens with one attached hydrogen (secondary N) is 1. The van der Waals surface area contributed by atoms with Crippen LogP contribution in [0.4, 0.5) is 11.8 Å². The summed E-state index contributed by atoms with van der Waals surface area (Å²) in [6, 6.07) is 0.961. The summed E-state index contributed by atoms with van der Waals surface area (Å²) in [5, 5.41) is 20.6. The number of imidazole rings is 4. The summed E-state index contributed by atoms with van der Waals surface area (Å²) < 4.78 is 12.0. The van der Waals surface area contributed by atoms with E-state index < -0.39 is 6.61 Å². The number of aliphatic hydroxyl groups excluding tert-OH is 2. The van der Waals surface area contributed by atoms with Crippen molar-refractivity contribution in [3.8, 4) is 0 Å². The highest BCUT2D eigenvalue weighted by Crippen LogP contribution is 2.21. The van der Waals surface area contributed by atoms with E-state index in [0.29, 0.717) is 76.3 Å². The van der Waals surface area contributed by atoms with Crippen LogP contribution in [-0.2, 0) is 24.4 Å². The van der Waals surface area contributed by atoms with Crippen LogP contribution in [0.15, 0.2) is 58.7 Å². The van der Waals surface area contributed by atoms with E-state index in [0.717, 1.165) is 25.0 Å². The molecule has 69 heavy (non-hydrogen) atoms. The Morgan fingerprint density at radius 3 is 1.35 bits per heavy atom. The average Bonchev–Trinajstić information content (AvgIpc) is 4.14. The Kier molecular flexibility index (Phi) is 18.5. The quantitative estimate of drug-likeness (QED) is 0.106. The molecule has 372 valence electrons. The van der Waals surface area contributed by atoms with Gasteiger partial charge in [0.15, 0.2) is 50.7 Å². The Morgan fingerprint density at radius 2 is 0.957 bits per heavy atom. The normalized spacial score (nSPS) is 11.4. The SMILES string of the molecule is CC(C)n1cnc2c(=O)n(CCCC(=O)CO)cnc21.CC(C)n1cnc2c(=O)n(CCO)cnc21.CCCNc1nc(N)c2ncn(C(C)C)c2n1.CCCn1cnc2c(ncn2C(C)C)c1=O. The molecule has 0 saturated carbocycles. The van der Waals surface area contributed by atoms with Crippen molar-refractivity contribution < 1.29 is 15.0 Å². The lowest BCUT2D eigenvalue weighted by molar-refractivity contribution is -0.121. The molecule has 0 aromatic carbocycles. The minimum Gasteiger partial charge on any atom is -0.395 e. The zero-order chi connectivity index (χ0) is 50.5. The third-order valence-corrected chi connectivity index (χ3v) is 10.7. The largest absolute Gasteiger partial charge is 0.395 e. The van der Waals surface area contributed by atoms with Gasteiger partial charge < -0.3 is 39.5 Å². The molecule has 8 rings (SSSR count). The van der Waals surface area contributed by atoms with Crippen molar-refractivity contribution in [1.82, 2.24) is 76.8 Å². The van der Waals surface area contributed by atoms with E-state index >= 15 is 0 Å². The standard InChI is InChI=1S/C13H18N4O3.C11H18N6.C11H16N4O.C10H14N4O2/c1-9(2)17-8-14-11-12(17)15-7-16(13(11)20)5-3-4-10(19)6-18;1-4-5-13-11-15-9(12)8-10(16-11)17(6-14-8)7(2)3;1-4-5-14-6-13-10-9(11(14)16)12-7-15(10)8(2)3;1-7(2)14-6-11-8-9(14)12-5-13(3-4-15)10(8)16/h7-9,18H,3-6H2,1-2H3;6-7H,4-5H2,1-3H3,(H3,12,13,15,16);6-8H,4-5H2,1-3H3;5-7,15H,3-4H2,1-2H3. The van der Waals surface area contributed by atoms with Gasteiger partial charge in [-0.05, 0) is 74.7 Å². The van der Waals surface area contributed by atoms with E-state index in [1.165, 1.54) is 21.8 Å². The van der Waals surface area contributed by atoms with E-state index in [-0.39, 0.29) is 60.2 Å². The van der Waals surface area contributed by atoms with Crippen molar-refractivity contribution >= 4 is 62.2 Å². The molecular formula is C45H66N18O6. The average molecular weight is 955 g/mol. The highest BCUT2D eigenvalue weighted by molar-refractivity contribution is 5.83. The number of rotatable bonds is 16. The van der Waals surface area contributed by atoms with Crippen LogP contribution < -0.4 is 27.7 Å². The number of anilines is 2. The maximum absolute atomic E-state index is 12.2. The first-order chi connectivity index (χ1) is 33.0. The zero-order valence-electron chi connectivity index (χ0n) is 41.2. The Labute approximate surface area is 398 Å². The molecule has 8 heterocycles. The minimum absolute atomic E-state index is 0.0498. The molecule has 0 saturated heterocycles. The summed E-state index contributed by atoms with van der Waals surface area (Å²) in [7, 11) is 0. The molecule has 0 atom stereocenters. The van der Waals surface area contributed by atoms with Gasteiger partial charge in [-0.1, -0.05) is 13.8 Å². The van der Waals surface area contributed by atoms with Crippen molar-refractivity contribution in [3.05, 3.63) is 75.4 Å². The number of hydrogen-bond acceptors (Lipinski definition) is 17. The topological polar surface area (TPSA) is 297 Å². The maximum Gasteiger partial charge on any atom is 0.281 e. The van der Waals surface area contributed by atoms with Gasteiger partial charge >= 0.3 is 0 Å². The maximum atomic E-state index is 12.2. The number of carbonyl (C=O) groups excluding carboxylic acids is 1. The molecule has 24 nitrogen and oxygen atoms in total. The van der Waals surface area contributed by atoms with Crippen LogP contribution in [0.3, 0.4) is 0 Å². The van der Waals surface area contributed by atoms with Gasteiger partial charge in [-0.3, -0.25) is 32.9 Å². The van der Waals surface area contributed by atoms with Gasteiger partial charge in [0.05, 0.1) is 38.5 Å². The van der Waals surface area contributed by atoms with Gasteiger partial charge in [-0.25, -0.2) is 34.9 Å². The number of nitrogens with zero attached hydrogens (tertiary/aromatic N) is 16. The summed E-state index contributed by atoms with van der Waals surface area (Å²) >= 11 is 0. The second-order valence-electron chi connectivity index (χ2n) is 17.3. The van der Waals surface area contributed by atoms with E-state index in [2.05, 4.69) is 70.9 Å². The second-order valence-corrected chi connectivity index (χ2v) is 17.3. The molecule has 0 radical (unpaired) electrons. The lowest BCUT2D eigenvalue weighted by atomic mass is 10.2. The molecule has 0 bridgehead atoms. The van der Waals surface area contributed by atoms with Crippen molar-refractivity contribution in [3.63, 3.8) is 0 Å². The van der Waals surface area contributed by atoms with Gasteiger partial charge in [0.25, 0.3) is 16.7 Å². The van der Waals surface area contributed by atoms with E-state index in [1.54, 1.807) is 36.2 Å². The van der Waals surface area contributed by atoms with Crippen molar-refractivity contribution in [2.45, 2.75) is 139 Å². The van der Waals surface area contributed by atoms with E-state index in [1.807, 2.05) is 66.7 Å². The fraction of sp³-hybridized carbons (Fsp3) is 0.533. The van der Waals surface area contributed by atoms with Crippen LogP contribution in [0.2, 0.25) is 0 Å². The molecule has 0 amide bonds. The third kappa shape index (κ3) is 12.5. The van der Waals surface area contributed by atoms with Gasteiger partial charge in [0.2, 0.25) is 5.95 Å². The number of ketones is 1. The van der Waals surface area contributed by atoms with Gasteiger partial charge in [-0.15, -0.1) is 0 Å².